The van der Waals surface area contributed by atoms with Crippen molar-refractivity contribution in [3.05, 3.63) is 64.1 Å². The van der Waals surface area contributed by atoms with Gasteiger partial charge in [-0.15, -0.1) is 0 Å². The van der Waals surface area contributed by atoms with Crippen LogP contribution >= 0.6 is 15.9 Å². The lowest BCUT2D eigenvalue weighted by atomic mass is 10.2. The zero-order valence-electron chi connectivity index (χ0n) is 9.52. The summed E-state index contributed by atoms with van der Waals surface area (Å²) in [6.45, 7) is 2.03. The molecule has 0 aliphatic rings. The Balaban J connectivity index is 2.39. The average Bonchev–Trinajstić information content (AvgIpc) is 2.35. The van der Waals surface area contributed by atoms with Gasteiger partial charge in [0.15, 0.2) is 0 Å². The molecule has 2 N–H and O–H groups in total. The van der Waals surface area contributed by atoms with E-state index in [1.54, 1.807) is 0 Å². The van der Waals surface area contributed by atoms with Crippen molar-refractivity contribution >= 4 is 27.5 Å². The fraction of sp³-hybridized carbons (Fsp3) is 0.0714. The summed E-state index contributed by atoms with van der Waals surface area (Å²) in [5, 5.41) is 0. The molecule has 0 aliphatic carbocycles. The van der Waals surface area contributed by atoms with E-state index in [1.165, 1.54) is 0 Å². The minimum Gasteiger partial charge on any atom is -0.383 e. The van der Waals surface area contributed by atoms with Crippen LogP contribution in [0.25, 0.3) is 0 Å². The Kier molecular flexibility index (Phi) is 3.59. The Morgan fingerprint density at radius 3 is 2.53 bits per heavy atom. The van der Waals surface area contributed by atoms with Gasteiger partial charge >= 0.3 is 0 Å². The van der Waals surface area contributed by atoms with E-state index in [2.05, 4.69) is 20.9 Å². The topological polar surface area (TPSA) is 38.4 Å². The highest BCUT2D eigenvalue weighted by molar-refractivity contribution is 9.10. The Labute approximate surface area is 109 Å². The molecule has 2 rings (SSSR count). The van der Waals surface area contributed by atoms with Crippen molar-refractivity contribution in [1.82, 2.24) is 0 Å². The van der Waals surface area contributed by atoms with Crippen molar-refractivity contribution in [2.24, 2.45) is 10.7 Å². The van der Waals surface area contributed by atoms with Crippen molar-refractivity contribution in [3.63, 3.8) is 0 Å². The van der Waals surface area contributed by atoms with Crippen molar-refractivity contribution in [2.45, 2.75) is 6.92 Å². The molecule has 17 heavy (non-hydrogen) atoms. The summed E-state index contributed by atoms with van der Waals surface area (Å²) in [5.41, 5.74) is 8.92. The SMILES string of the molecule is Cc1ccc(Br)c(N=C(N)c2ccccc2)c1. The fourth-order valence-corrected chi connectivity index (χ4v) is 1.85. The summed E-state index contributed by atoms with van der Waals surface area (Å²) < 4.78 is 0.946. The third-order valence-electron chi connectivity index (χ3n) is 2.41. The fourth-order valence-electron chi connectivity index (χ4n) is 1.51. The standard InChI is InChI=1S/C14H13BrN2/c1-10-7-8-12(15)13(9-10)17-14(16)11-5-3-2-4-6-11/h2-9H,1H3,(H2,16,17). The average molecular weight is 289 g/mol. The third-order valence-corrected chi connectivity index (χ3v) is 3.08. The van der Waals surface area contributed by atoms with Gasteiger partial charge in [-0.3, -0.25) is 0 Å². The number of nitrogens with zero attached hydrogens (tertiary/aromatic N) is 1. The molecule has 0 radical (unpaired) electrons. The molecule has 0 fully saturated rings. The number of halogens is 1. The number of aryl methyl sites for hydroxylation is 1. The van der Waals surface area contributed by atoms with Crippen LogP contribution in [0.1, 0.15) is 11.1 Å². The van der Waals surface area contributed by atoms with E-state index < -0.39 is 0 Å². The second kappa shape index (κ2) is 5.15. The lowest BCUT2D eigenvalue weighted by Crippen LogP contribution is -2.12. The van der Waals surface area contributed by atoms with Crippen LogP contribution < -0.4 is 5.73 Å². The molecule has 0 spiro atoms. The highest BCUT2D eigenvalue weighted by Gasteiger charge is 2.01. The normalized spacial score (nSPS) is 11.5. The van der Waals surface area contributed by atoms with Crippen LogP contribution in [-0.2, 0) is 0 Å². The van der Waals surface area contributed by atoms with E-state index in [0.717, 1.165) is 21.3 Å². The maximum absolute atomic E-state index is 5.98. The first-order valence-corrected chi connectivity index (χ1v) is 6.12. The Morgan fingerprint density at radius 2 is 1.82 bits per heavy atom. The van der Waals surface area contributed by atoms with Crippen molar-refractivity contribution in [3.8, 4) is 0 Å². The van der Waals surface area contributed by atoms with Gasteiger partial charge in [0.25, 0.3) is 0 Å². The van der Waals surface area contributed by atoms with Gasteiger partial charge in [0.1, 0.15) is 5.84 Å². The number of hydrogen-bond acceptors (Lipinski definition) is 1. The second-order valence-electron chi connectivity index (χ2n) is 3.82. The van der Waals surface area contributed by atoms with E-state index in [9.17, 15) is 0 Å². The number of benzene rings is 2. The van der Waals surface area contributed by atoms with Gasteiger partial charge in [0.2, 0.25) is 0 Å². The van der Waals surface area contributed by atoms with Gasteiger partial charge in [-0.1, -0.05) is 36.4 Å². The monoisotopic (exact) mass is 288 g/mol. The van der Waals surface area contributed by atoms with E-state index in [-0.39, 0.29) is 0 Å². The second-order valence-corrected chi connectivity index (χ2v) is 4.67. The quantitative estimate of drug-likeness (QED) is 0.663. The minimum absolute atomic E-state index is 0.525. The Hall–Kier alpha value is -1.61. The van der Waals surface area contributed by atoms with Crippen LogP contribution in [0.3, 0.4) is 0 Å². The molecule has 0 amide bonds. The van der Waals surface area contributed by atoms with Crippen LogP contribution in [0, 0.1) is 6.92 Å². The molecule has 0 unspecified atom stereocenters. The van der Waals surface area contributed by atoms with E-state index >= 15 is 0 Å². The summed E-state index contributed by atoms with van der Waals surface area (Å²) in [6.07, 6.45) is 0. The summed E-state index contributed by atoms with van der Waals surface area (Å²) in [4.78, 5) is 4.44. The van der Waals surface area contributed by atoms with E-state index in [4.69, 9.17) is 5.73 Å². The summed E-state index contributed by atoms with van der Waals surface area (Å²) in [7, 11) is 0. The van der Waals surface area contributed by atoms with Crippen LogP contribution in [0.2, 0.25) is 0 Å². The molecule has 0 aliphatic heterocycles. The molecular formula is C14H13BrN2. The molecule has 0 aromatic heterocycles. The van der Waals surface area contributed by atoms with Gasteiger partial charge < -0.3 is 5.73 Å². The lowest BCUT2D eigenvalue weighted by molar-refractivity contribution is 1.38. The molecular weight excluding hydrogens is 276 g/mol. The Morgan fingerprint density at radius 1 is 1.12 bits per heavy atom. The first-order valence-electron chi connectivity index (χ1n) is 5.32. The van der Waals surface area contributed by atoms with Gasteiger partial charge in [-0.05, 0) is 40.5 Å². The van der Waals surface area contributed by atoms with Crippen LogP contribution in [0.4, 0.5) is 5.69 Å². The highest BCUT2D eigenvalue weighted by Crippen LogP contribution is 2.26. The zero-order chi connectivity index (χ0) is 12.3. The first kappa shape index (κ1) is 11.9. The van der Waals surface area contributed by atoms with E-state index in [1.807, 2.05) is 55.5 Å². The third kappa shape index (κ3) is 2.94. The number of hydrogen-bond donors (Lipinski definition) is 1. The maximum atomic E-state index is 5.98. The van der Waals surface area contributed by atoms with Gasteiger partial charge in [-0.2, -0.15) is 0 Å². The maximum Gasteiger partial charge on any atom is 0.131 e. The molecule has 2 aromatic carbocycles. The molecule has 0 saturated heterocycles. The van der Waals surface area contributed by atoms with Crippen LogP contribution in [0.5, 0.6) is 0 Å². The highest BCUT2D eigenvalue weighted by atomic mass is 79.9. The number of nitrogens with two attached hydrogens (primary N) is 1. The minimum atomic E-state index is 0.525. The number of rotatable bonds is 2. The van der Waals surface area contributed by atoms with Crippen molar-refractivity contribution < 1.29 is 0 Å². The van der Waals surface area contributed by atoms with Crippen LogP contribution in [0.15, 0.2) is 58.0 Å². The molecule has 0 bridgehead atoms. The number of aliphatic imine (C=N–C) groups is 1. The molecule has 0 heterocycles. The summed E-state index contributed by atoms with van der Waals surface area (Å²) in [5.74, 6) is 0.525. The van der Waals surface area contributed by atoms with Gasteiger partial charge in [0, 0.05) is 10.0 Å². The summed E-state index contributed by atoms with van der Waals surface area (Å²) in [6, 6.07) is 15.8. The molecule has 86 valence electrons. The number of amidine groups is 1. The van der Waals surface area contributed by atoms with Gasteiger partial charge in [-0.25, -0.2) is 4.99 Å². The largest absolute Gasteiger partial charge is 0.383 e. The Bertz CT molecular complexity index is 547. The van der Waals surface area contributed by atoms with Crippen molar-refractivity contribution in [2.75, 3.05) is 0 Å². The zero-order valence-corrected chi connectivity index (χ0v) is 11.1. The first-order chi connectivity index (χ1) is 8.16. The van der Waals surface area contributed by atoms with Gasteiger partial charge in [0.05, 0.1) is 5.69 Å². The molecule has 3 heteroatoms. The molecule has 0 atom stereocenters. The van der Waals surface area contributed by atoms with Crippen LogP contribution in [-0.4, -0.2) is 5.84 Å². The molecule has 2 aromatic rings. The smallest absolute Gasteiger partial charge is 0.131 e. The lowest BCUT2D eigenvalue weighted by Gasteiger charge is -2.03. The summed E-state index contributed by atoms with van der Waals surface area (Å²) >= 11 is 3.47. The molecule has 2 nitrogen and oxygen atoms in total. The molecule has 0 saturated carbocycles. The van der Waals surface area contributed by atoms with E-state index in [0.29, 0.717) is 5.84 Å². The predicted molar refractivity (Wildman–Crippen MR) is 75.7 cm³/mol. The van der Waals surface area contributed by atoms with Crippen molar-refractivity contribution in [1.29, 1.82) is 0 Å². The predicted octanol–water partition coefficient (Wildman–Crippen LogP) is 3.79.